The summed E-state index contributed by atoms with van der Waals surface area (Å²) in [6.45, 7) is 2.70. The lowest BCUT2D eigenvalue weighted by atomic mass is 10.3. The molecule has 1 fully saturated rings. The highest BCUT2D eigenvalue weighted by atomic mass is 32.2. The Kier molecular flexibility index (Phi) is 6.74. The van der Waals surface area contributed by atoms with Gasteiger partial charge in [-0.15, -0.1) is 0 Å². The van der Waals surface area contributed by atoms with Crippen LogP contribution in [-0.2, 0) is 10.0 Å². The molecule has 1 aliphatic rings. The number of oxazole rings is 1. The van der Waals surface area contributed by atoms with E-state index in [9.17, 15) is 8.42 Å². The first-order valence-electron chi connectivity index (χ1n) is 10.4. The molecule has 0 saturated heterocycles. The van der Waals surface area contributed by atoms with Crippen molar-refractivity contribution >= 4 is 21.1 Å². The topological polar surface area (TPSA) is 93.9 Å². The van der Waals surface area contributed by atoms with E-state index in [0.29, 0.717) is 30.5 Å². The van der Waals surface area contributed by atoms with Gasteiger partial charge in [-0.05, 0) is 62.2 Å². The Bertz CT molecular complexity index is 1060. The van der Waals surface area contributed by atoms with E-state index < -0.39 is 10.0 Å². The average molecular weight is 446 g/mol. The van der Waals surface area contributed by atoms with Crippen molar-refractivity contribution in [3.8, 4) is 17.6 Å². The summed E-state index contributed by atoms with van der Waals surface area (Å²) in [6, 6.07) is 15.5. The first-order valence-corrected chi connectivity index (χ1v) is 12.3. The van der Waals surface area contributed by atoms with Gasteiger partial charge in [-0.25, -0.2) is 13.1 Å². The van der Waals surface area contributed by atoms with Crippen LogP contribution in [0.15, 0.2) is 52.9 Å². The van der Waals surface area contributed by atoms with Gasteiger partial charge in [0.15, 0.2) is 5.58 Å². The smallest absolute Gasteiger partial charge is 0.400 e. The van der Waals surface area contributed by atoms with Crippen molar-refractivity contribution in [3.63, 3.8) is 0 Å². The van der Waals surface area contributed by atoms with Crippen molar-refractivity contribution in [2.75, 3.05) is 32.5 Å². The lowest BCUT2D eigenvalue weighted by molar-refractivity contribution is 0.200. The molecule has 166 valence electrons. The Hall–Kier alpha value is -2.62. The van der Waals surface area contributed by atoms with Gasteiger partial charge < -0.3 is 13.9 Å². The summed E-state index contributed by atoms with van der Waals surface area (Å²) in [5, 5.41) is 0. The molecule has 1 aliphatic carbocycles. The summed E-state index contributed by atoms with van der Waals surface area (Å²) in [5.41, 5.74) is 1.44. The number of hydrogen-bond acceptors (Lipinski definition) is 7. The monoisotopic (exact) mass is 445 g/mol. The van der Waals surface area contributed by atoms with Gasteiger partial charge in [0.1, 0.15) is 23.6 Å². The fourth-order valence-corrected chi connectivity index (χ4v) is 3.85. The zero-order valence-electron chi connectivity index (χ0n) is 17.5. The van der Waals surface area contributed by atoms with Gasteiger partial charge >= 0.3 is 6.08 Å². The maximum Gasteiger partial charge on any atom is 0.400 e. The zero-order valence-corrected chi connectivity index (χ0v) is 18.3. The number of benzene rings is 2. The van der Waals surface area contributed by atoms with Crippen molar-refractivity contribution in [1.82, 2.24) is 14.6 Å². The number of fused-ring (bicyclic) bond motifs is 1. The Morgan fingerprint density at radius 2 is 1.84 bits per heavy atom. The van der Waals surface area contributed by atoms with Crippen LogP contribution in [0, 0.1) is 0 Å². The predicted octanol–water partition coefficient (Wildman–Crippen LogP) is 3.40. The Labute approximate surface area is 182 Å². The first-order chi connectivity index (χ1) is 15.0. The number of sulfonamides is 1. The van der Waals surface area contributed by atoms with Crippen LogP contribution in [0.4, 0.5) is 0 Å². The van der Waals surface area contributed by atoms with E-state index in [-0.39, 0.29) is 6.08 Å². The van der Waals surface area contributed by atoms with E-state index >= 15 is 0 Å². The molecule has 1 N–H and O–H groups in total. The normalized spacial score (nSPS) is 14.3. The van der Waals surface area contributed by atoms with Crippen LogP contribution in [0.5, 0.6) is 17.6 Å². The lowest BCUT2D eigenvalue weighted by Gasteiger charge is -2.22. The fourth-order valence-electron chi connectivity index (χ4n) is 3.34. The lowest BCUT2D eigenvalue weighted by Crippen LogP contribution is -2.34. The molecule has 1 heterocycles. The van der Waals surface area contributed by atoms with E-state index in [1.807, 2.05) is 48.5 Å². The number of rotatable bonds is 12. The zero-order chi connectivity index (χ0) is 21.7. The van der Waals surface area contributed by atoms with Gasteiger partial charge in [-0.3, -0.25) is 4.90 Å². The van der Waals surface area contributed by atoms with Crippen LogP contribution in [0.25, 0.3) is 11.1 Å². The summed E-state index contributed by atoms with van der Waals surface area (Å²) >= 11 is 0. The molecule has 0 atom stereocenters. The highest BCUT2D eigenvalue weighted by molar-refractivity contribution is 7.88. The van der Waals surface area contributed by atoms with Gasteiger partial charge in [-0.1, -0.05) is 12.1 Å². The van der Waals surface area contributed by atoms with Crippen molar-refractivity contribution < 1.29 is 22.3 Å². The number of nitrogens with one attached hydrogen (secondary N) is 1. The van der Waals surface area contributed by atoms with Crippen molar-refractivity contribution in [2.24, 2.45) is 0 Å². The summed E-state index contributed by atoms with van der Waals surface area (Å²) < 4.78 is 42.0. The van der Waals surface area contributed by atoms with Crippen LogP contribution in [0.2, 0.25) is 0 Å². The van der Waals surface area contributed by atoms with Crippen molar-refractivity contribution in [2.45, 2.75) is 25.3 Å². The van der Waals surface area contributed by atoms with Crippen LogP contribution in [-0.4, -0.2) is 56.8 Å². The van der Waals surface area contributed by atoms with E-state index in [0.717, 1.165) is 30.8 Å². The maximum atomic E-state index is 11.2. The number of nitrogens with zero attached hydrogens (tertiary/aromatic N) is 2. The van der Waals surface area contributed by atoms with Gasteiger partial charge in [0, 0.05) is 19.1 Å². The maximum absolute atomic E-state index is 11.2. The second kappa shape index (κ2) is 9.67. The summed E-state index contributed by atoms with van der Waals surface area (Å²) in [4.78, 5) is 6.67. The third-order valence-electron chi connectivity index (χ3n) is 5.00. The standard InChI is InChI=1S/C22H27N3O5S/c1-31(26,27)23-13-4-14-25(17-7-8-17)15-16-28-18-9-11-19(12-10-18)29-22-24-20-5-2-3-6-21(20)30-22/h2-3,5-6,9-12,17,23H,4,7-8,13-16H2,1H3. The second-order valence-corrected chi connectivity index (χ2v) is 9.49. The van der Waals surface area contributed by atoms with Crippen LogP contribution < -0.4 is 14.2 Å². The molecule has 0 radical (unpaired) electrons. The summed E-state index contributed by atoms with van der Waals surface area (Å²) in [5.74, 6) is 1.39. The highest BCUT2D eigenvalue weighted by Gasteiger charge is 2.28. The van der Waals surface area contributed by atoms with Gasteiger partial charge in [0.05, 0.1) is 6.26 Å². The second-order valence-electron chi connectivity index (χ2n) is 7.66. The molecule has 9 heteroatoms. The third-order valence-corrected chi connectivity index (χ3v) is 5.73. The molecule has 0 bridgehead atoms. The van der Waals surface area contributed by atoms with Crippen LogP contribution >= 0.6 is 0 Å². The number of aromatic nitrogens is 1. The molecule has 1 saturated carbocycles. The minimum Gasteiger partial charge on any atom is -0.492 e. The van der Waals surface area contributed by atoms with E-state index in [1.54, 1.807) is 0 Å². The van der Waals surface area contributed by atoms with E-state index in [4.69, 9.17) is 13.9 Å². The van der Waals surface area contributed by atoms with E-state index in [2.05, 4.69) is 14.6 Å². The Morgan fingerprint density at radius 3 is 2.55 bits per heavy atom. The SMILES string of the molecule is CS(=O)(=O)NCCCN(CCOc1ccc(Oc2nc3ccccc3o2)cc1)C1CC1. The van der Waals surface area contributed by atoms with Crippen LogP contribution in [0.3, 0.4) is 0 Å². The number of para-hydroxylation sites is 2. The third kappa shape index (κ3) is 6.68. The number of ether oxygens (including phenoxy) is 2. The summed E-state index contributed by atoms with van der Waals surface area (Å²) in [6.07, 6.45) is 4.57. The fraction of sp³-hybridized carbons (Fsp3) is 0.409. The van der Waals surface area contributed by atoms with Crippen molar-refractivity contribution in [1.29, 1.82) is 0 Å². The highest BCUT2D eigenvalue weighted by Crippen LogP contribution is 2.28. The first kappa shape index (κ1) is 21.6. The quantitative estimate of drug-likeness (QED) is 0.427. The van der Waals surface area contributed by atoms with Gasteiger partial charge in [0.2, 0.25) is 10.0 Å². The van der Waals surface area contributed by atoms with Gasteiger partial charge in [0.25, 0.3) is 0 Å². The molecule has 0 amide bonds. The molecular weight excluding hydrogens is 418 g/mol. The molecular formula is C22H27N3O5S. The van der Waals surface area contributed by atoms with Crippen LogP contribution in [0.1, 0.15) is 19.3 Å². The Morgan fingerprint density at radius 1 is 1.10 bits per heavy atom. The Balaban J connectivity index is 1.22. The predicted molar refractivity (Wildman–Crippen MR) is 118 cm³/mol. The van der Waals surface area contributed by atoms with Gasteiger partial charge in [-0.2, -0.15) is 4.98 Å². The molecule has 2 aromatic carbocycles. The average Bonchev–Trinajstić information content (AvgIpc) is 3.49. The number of hydrogen-bond donors (Lipinski definition) is 1. The van der Waals surface area contributed by atoms with Crippen molar-refractivity contribution in [3.05, 3.63) is 48.5 Å². The molecule has 4 rings (SSSR count). The largest absolute Gasteiger partial charge is 0.492 e. The molecule has 8 nitrogen and oxygen atoms in total. The molecule has 0 aliphatic heterocycles. The molecule has 0 spiro atoms. The van der Waals surface area contributed by atoms with E-state index in [1.165, 1.54) is 19.1 Å². The minimum absolute atomic E-state index is 0.209. The minimum atomic E-state index is -3.12. The molecule has 3 aromatic rings. The molecule has 0 unspecified atom stereocenters. The summed E-state index contributed by atoms with van der Waals surface area (Å²) in [7, 11) is -3.12. The molecule has 31 heavy (non-hydrogen) atoms. The molecule has 1 aromatic heterocycles.